The molecule has 0 atom stereocenters. The monoisotopic (exact) mass is 265 g/mol. The van der Waals surface area contributed by atoms with Crippen LogP contribution in [0, 0.1) is 6.92 Å². The summed E-state index contributed by atoms with van der Waals surface area (Å²) in [6, 6.07) is 6.14. The molecule has 2 aromatic rings. The maximum absolute atomic E-state index is 10.9. The number of benzene rings is 1. The van der Waals surface area contributed by atoms with E-state index in [1.54, 1.807) is 0 Å². The van der Waals surface area contributed by atoms with Gasteiger partial charge in [-0.3, -0.25) is 4.79 Å². The first-order valence-corrected chi connectivity index (χ1v) is 6.41. The quantitative estimate of drug-likeness (QED) is 0.862. The Morgan fingerprint density at radius 3 is 2.94 bits per heavy atom. The third kappa shape index (κ3) is 2.64. The molecule has 0 fully saturated rings. The van der Waals surface area contributed by atoms with Crippen molar-refractivity contribution in [1.29, 1.82) is 0 Å². The van der Waals surface area contributed by atoms with E-state index < -0.39 is 0 Å². The maximum Gasteiger partial charge on any atom is 0.216 e. The second-order valence-electron chi connectivity index (χ2n) is 4.29. The van der Waals surface area contributed by atoms with Crippen LogP contribution < -0.4 is 5.32 Å². The highest BCUT2D eigenvalue weighted by Gasteiger charge is 2.09. The van der Waals surface area contributed by atoms with Crippen LogP contribution in [0.4, 0.5) is 0 Å². The van der Waals surface area contributed by atoms with Gasteiger partial charge in [-0.15, -0.1) is 11.6 Å². The van der Waals surface area contributed by atoms with Crippen LogP contribution in [0.1, 0.15) is 18.3 Å². The van der Waals surface area contributed by atoms with Crippen molar-refractivity contribution in [2.24, 2.45) is 0 Å². The molecule has 18 heavy (non-hydrogen) atoms. The summed E-state index contributed by atoms with van der Waals surface area (Å²) in [5, 5.41) is 2.78. The Hall–Kier alpha value is -1.55. The van der Waals surface area contributed by atoms with Crippen molar-refractivity contribution in [3.8, 4) is 0 Å². The van der Waals surface area contributed by atoms with Crippen LogP contribution in [0.25, 0.3) is 11.0 Å². The number of fused-ring (bicyclic) bond motifs is 1. The van der Waals surface area contributed by atoms with Gasteiger partial charge in [0, 0.05) is 20.0 Å². The molecule has 0 aliphatic heterocycles. The molecule has 5 heteroatoms. The van der Waals surface area contributed by atoms with Crippen LogP contribution in [0.5, 0.6) is 0 Å². The lowest BCUT2D eigenvalue weighted by Gasteiger charge is -2.08. The van der Waals surface area contributed by atoms with Crippen LogP contribution in [0.3, 0.4) is 0 Å². The standard InChI is InChI=1S/C13H16ClN3O/c1-9-3-4-12-11(7-9)16-13(8-14)17(12)6-5-15-10(2)18/h3-4,7H,5-6,8H2,1-2H3,(H,15,18). The molecule has 0 aliphatic carbocycles. The number of aromatic nitrogens is 2. The number of hydrogen-bond acceptors (Lipinski definition) is 2. The number of alkyl halides is 1. The van der Waals surface area contributed by atoms with Crippen molar-refractivity contribution in [2.45, 2.75) is 26.3 Å². The van der Waals surface area contributed by atoms with Gasteiger partial charge >= 0.3 is 0 Å². The second-order valence-corrected chi connectivity index (χ2v) is 4.56. The molecule has 0 saturated heterocycles. The van der Waals surface area contributed by atoms with Gasteiger partial charge in [-0.1, -0.05) is 6.07 Å². The normalized spacial score (nSPS) is 10.8. The second kappa shape index (κ2) is 5.40. The minimum Gasteiger partial charge on any atom is -0.355 e. The first-order chi connectivity index (χ1) is 8.61. The lowest BCUT2D eigenvalue weighted by atomic mass is 10.2. The summed E-state index contributed by atoms with van der Waals surface area (Å²) in [5.41, 5.74) is 3.19. The highest BCUT2D eigenvalue weighted by Crippen LogP contribution is 2.18. The lowest BCUT2D eigenvalue weighted by molar-refractivity contribution is -0.118. The molecule has 1 aromatic carbocycles. The van der Waals surface area contributed by atoms with E-state index in [9.17, 15) is 4.79 Å². The summed E-state index contributed by atoms with van der Waals surface area (Å²) in [4.78, 5) is 15.4. The van der Waals surface area contributed by atoms with Gasteiger partial charge in [0.15, 0.2) is 0 Å². The zero-order valence-electron chi connectivity index (χ0n) is 10.5. The van der Waals surface area contributed by atoms with E-state index in [1.807, 2.05) is 19.1 Å². The van der Waals surface area contributed by atoms with E-state index in [0.717, 1.165) is 16.9 Å². The Kier molecular flexibility index (Phi) is 3.87. The van der Waals surface area contributed by atoms with Gasteiger partial charge in [0.25, 0.3) is 0 Å². The van der Waals surface area contributed by atoms with Crippen molar-refractivity contribution in [3.05, 3.63) is 29.6 Å². The third-order valence-corrected chi connectivity index (χ3v) is 3.05. The minimum absolute atomic E-state index is 0.0253. The molecule has 0 bridgehead atoms. The van der Waals surface area contributed by atoms with Crippen molar-refractivity contribution in [2.75, 3.05) is 6.54 Å². The summed E-state index contributed by atoms with van der Waals surface area (Å²) >= 11 is 5.91. The summed E-state index contributed by atoms with van der Waals surface area (Å²) in [5.74, 6) is 1.18. The SMILES string of the molecule is CC(=O)NCCn1c(CCl)nc2cc(C)ccc21. The number of carbonyl (C=O) groups excluding carboxylic acids is 1. The molecule has 1 N–H and O–H groups in total. The van der Waals surface area contributed by atoms with E-state index in [-0.39, 0.29) is 5.91 Å². The lowest BCUT2D eigenvalue weighted by Crippen LogP contribution is -2.24. The first kappa shape index (κ1) is 12.9. The molecule has 1 heterocycles. The number of hydrogen-bond donors (Lipinski definition) is 1. The Labute approximate surface area is 111 Å². The van der Waals surface area contributed by atoms with Gasteiger partial charge in [-0.05, 0) is 24.6 Å². The number of carbonyl (C=O) groups is 1. The molecule has 1 amide bonds. The zero-order valence-corrected chi connectivity index (χ0v) is 11.3. The molecule has 1 aromatic heterocycles. The average Bonchev–Trinajstić information content (AvgIpc) is 2.66. The molecule has 0 radical (unpaired) electrons. The third-order valence-electron chi connectivity index (χ3n) is 2.81. The average molecular weight is 266 g/mol. The van der Waals surface area contributed by atoms with Gasteiger partial charge in [-0.25, -0.2) is 4.98 Å². The number of amides is 1. The van der Waals surface area contributed by atoms with Crippen molar-refractivity contribution in [1.82, 2.24) is 14.9 Å². The van der Waals surface area contributed by atoms with Gasteiger partial charge in [0.05, 0.1) is 16.9 Å². The Balaban J connectivity index is 2.31. The van der Waals surface area contributed by atoms with Gasteiger partial charge in [0.1, 0.15) is 5.82 Å². The molecule has 96 valence electrons. The van der Waals surface area contributed by atoms with Crippen LogP contribution in [-0.2, 0) is 17.2 Å². The molecule has 0 unspecified atom stereocenters. The van der Waals surface area contributed by atoms with Crippen molar-refractivity contribution in [3.63, 3.8) is 0 Å². The van der Waals surface area contributed by atoms with E-state index in [4.69, 9.17) is 11.6 Å². The molecule has 0 saturated carbocycles. The van der Waals surface area contributed by atoms with E-state index in [2.05, 4.69) is 20.9 Å². The van der Waals surface area contributed by atoms with Crippen LogP contribution in [-0.4, -0.2) is 22.0 Å². The van der Waals surface area contributed by atoms with Gasteiger partial charge < -0.3 is 9.88 Å². The van der Waals surface area contributed by atoms with Crippen LogP contribution in [0.2, 0.25) is 0 Å². The Morgan fingerprint density at radius 2 is 2.28 bits per heavy atom. The Morgan fingerprint density at radius 1 is 1.50 bits per heavy atom. The summed E-state index contributed by atoms with van der Waals surface area (Å²) in [6.07, 6.45) is 0. The van der Waals surface area contributed by atoms with E-state index in [1.165, 1.54) is 12.5 Å². The molecule has 2 rings (SSSR count). The molecular weight excluding hydrogens is 250 g/mol. The topological polar surface area (TPSA) is 46.9 Å². The molecule has 4 nitrogen and oxygen atoms in total. The van der Waals surface area contributed by atoms with Crippen LogP contribution >= 0.6 is 11.6 Å². The highest BCUT2D eigenvalue weighted by atomic mass is 35.5. The largest absolute Gasteiger partial charge is 0.355 e. The predicted molar refractivity (Wildman–Crippen MR) is 72.7 cm³/mol. The smallest absolute Gasteiger partial charge is 0.216 e. The maximum atomic E-state index is 10.9. The summed E-state index contributed by atoms with van der Waals surface area (Å²) in [7, 11) is 0. The number of halogens is 1. The fourth-order valence-corrected chi connectivity index (χ4v) is 2.19. The minimum atomic E-state index is -0.0253. The fourth-order valence-electron chi connectivity index (χ4n) is 1.98. The number of nitrogens with one attached hydrogen (secondary N) is 1. The summed E-state index contributed by atoms with van der Waals surface area (Å²) in [6.45, 7) is 4.81. The zero-order chi connectivity index (χ0) is 13.1. The van der Waals surface area contributed by atoms with E-state index in [0.29, 0.717) is 19.0 Å². The summed E-state index contributed by atoms with van der Waals surface area (Å²) < 4.78 is 2.05. The van der Waals surface area contributed by atoms with Crippen LogP contribution in [0.15, 0.2) is 18.2 Å². The molecule has 0 spiro atoms. The van der Waals surface area contributed by atoms with Gasteiger partial charge in [-0.2, -0.15) is 0 Å². The number of aryl methyl sites for hydroxylation is 1. The fraction of sp³-hybridized carbons (Fsp3) is 0.385. The van der Waals surface area contributed by atoms with E-state index >= 15 is 0 Å². The molecule has 0 aliphatic rings. The number of imidazole rings is 1. The predicted octanol–water partition coefficient (Wildman–Crippen LogP) is 2.22. The molecular formula is C13H16ClN3O. The Bertz CT molecular complexity index is 577. The highest BCUT2D eigenvalue weighted by molar-refractivity contribution is 6.16. The van der Waals surface area contributed by atoms with Gasteiger partial charge in [0.2, 0.25) is 5.91 Å². The number of nitrogens with zero attached hydrogens (tertiary/aromatic N) is 2. The van der Waals surface area contributed by atoms with Crippen molar-refractivity contribution >= 4 is 28.5 Å². The number of rotatable bonds is 4. The first-order valence-electron chi connectivity index (χ1n) is 5.88. The van der Waals surface area contributed by atoms with Crippen molar-refractivity contribution < 1.29 is 4.79 Å².